The minimum atomic E-state index is 0. The zero-order valence-electron chi connectivity index (χ0n) is 16.6. The molecule has 0 aromatic carbocycles. The SMILES string of the molecule is CCNC(=NCC1(SC)CCOCC1)NCCC(OCC)C(C)C.I. The van der Waals surface area contributed by atoms with Crippen LogP contribution < -0.4 is 10.6 Å². The van der Waals surface area contributed by atoms with Gasteiger partial charge in [0.15, 0.2) is 5.96 Å². The third-order valence-electron chi connectivity index (χ3n) is 4.55. The van der Waals surface area contributed by atoms with E-state index < -0.39 is 0 Å². The molecular weight excluding hydrogens is 449 g/mol. The monoisotopic (exact) mass is 487 g/mol. The fourth-order valence-electron chi connectivity index (χ4n) is 2.89. The van der Waals surface area contributed by atoms with Crippen molar-refractivity contribution in [1.29, 1.82) is 0 Å². The highest BCUT2D eigenvalue weighted by Gasteiger charge is 2.31. The number of nitrogens with zero attached hydrogens (tertiary/aromatic N) is 1. The maximum Gasteiger partial charge on any atom is 0.191 e. The van der Waals surface area contributed by atoms with Crippen LogP contribution in [0.1, 0.15) is 47.0 Å². The molecule has 1 unspecified atom stereocenters. The van der Waals surface area contributed by atoms with E-state index in [1.807, 2.05) is 11.8 Å². The van der Waals surface area contributed by atoms with E-state index in [4.69, 9.17) is 14.5 Å². The molecule has 0 bridgehead atoms. The van der Waals surface area contributed by atoms with E-state index in [2.05, 4.69) is 44.6 Å². The van der Waals surface area contributed by atoms with E-state index in [-0.39, 0.29) is 28.7 Å². The predicted molar refractivity (Wildman–Crippen MR) is 121 cm³/mol. The molecule has 5 nitrogen and oxygen atoms in total. The molecule has 0 amide bonds. The van der Waals surface area contributed by atoms with Crippen molar-refractivity contribution >= 4 is 41.7 Å². The van der Waals surface area contributed by atoms with Crippen molar-refractivity contribution in [2.75, 3.05) is 45.7 Å². The van der Waals surface area contributed by atoms with Gasteiger partial charge in [-0.3, -0.25) is 4.99 Å². The van der Waals surface area contributed by atoms with Gasteiger partial charge in [-0.05, 0) is 45.3 Å². The van der Waals surface area contributed by atoms with Crippen molar-refractivity contribution < 1.29 is 9.47 Å². The molecule has 0 radical (unpaired) electrons. The molecule has 1 heterocycles. The fraction of sp³-hybridized carbons (Fsp3) is 0.944. The Bertz CT molecular complexity index is 364. The van der Waals surface area contributed by atoms with E-state index in [1.165, 1.54) is 0 Å². The van der Waals surface area contributed by atoms with Crippen LogP contribution in [0, 0.1) is 5.92 Å². The predicted octanol–water partition coefficient (Wildman–Crippen LogP) is 3.52. The molecule has 2 N–H and O–H groups in total. The molecule has 0 aliphatic carbocycles. The van der Waals surface area contributed by atoms with E-state index >= 15 is 0 Å². The van der Waals surface area contributed by atoms with Crippen LogP contribution in [-0.2, 0) is 9.47 Å². The molecule has 0 saturated carbocycles. The van der Waals surface area contributed by atoms with Crippen molar-refractivity contribution in [2.24, 2.45) is 10.9 Å². The quantitative estimate of drug-likeness (QED) is 0.281. The number of hydrogen-bond donors (Lipinski definition) is 2. The van der Waals surface area contributed by atoms with Gasteiger partial charge in [-0.25, -0.2) is 0 Å². The molecule has 1 aliphatic heterocycles. The number of nitrogens with one attached hydrogen (secondary N) is 2. The summed E-state index contributed by atoms with van der Waals surface area (Å²) in [6.45, 7) is 13.7. The summed E-state index contributed by atoms with van der Waals surface area (Å²) in [5, 5.41) is 6.82. The molecule has 150 valence electrons. The normalized spacial score (nSPS) is 18.6. The third kappa shape index (κ3) is 9.68. The Morgan fingerprint density at radius 1 is 1.24 bits per heavy atom. The smallest absolute Gasteiger partial charge is 0.191 e. The zero-order valence-corrected chi connectivity index (χ0v) is 19.7. The lowest BCUT2D eigenvalue weighted by molar-refractivity contribution is 0.0258. The standard InChI is InChI=1S/C18H37N3O2S.HI/c1-6-19-17(20-11-8-16(15(3)4)23-7-2)21-14-18(24-5)9-12-22-13-10-18;/h15-16H,6-14H2,1-5H3,(H2,19,20,21);1H. The first kappa shape index (κ1) is 25.3. The molecule has 25 heavy (non-hydrogen) atoms. The number of halogens is 1. The number of hydrogen-bond acceptors (Lipinski definition) is 4. The lowest BCUT2D eigenvalue weighted by Crippen LogP contribution is -2.42. The fourth-order valence-corrected chi connectivity index (χ4v) is 3.66. The number of aliphatic imine (C=N–C) groups is 1. The summed E-state index contributed by atoms with van der Waals surface area (Å²) >= 11 is 1.93. The molecular formula is C18H38IN3O2S. The van der Waals surface area contributed by atoms with Gasteiger partial charge in [-0.2, -0.15) is 11.8 Å². The van der Waals surface area contributed by atoms with Crippen LogP contribution in [0.25, 0.3) is 0 Å². The second-order valence-corrected chi connectivity index (χ2v) is 7.92. The summed E-state index contributed by atoms with van der Waals surface area (Å²) in [7, 11) is 0. The minimum absolute atomic E-state index is 0. The molecule has 7 heteroatoms. The van der Waals surface area contributed by atoms with E-state index in [0.29, 0.717) is 12.0 Å². The number of ether oxygens (including phenoxy) is 2. The first-order valence-corrected chi connectivity index (χ1v) is 10.6. The molecule has 1 atom stereocenters. The Hall–Kier alpha value is 0.270. The van der Waals surface area contributed by atoms with Crippen LogP contribution in [0.15, 0.2) is 4.99 Å². The zero-order chi connectivity index (χ0) is 17.8. The highest BCUT2D eigenvalue weighted by molar-refractivity contribution is 14.0. The van der Waals surface area contributed by atoms with Gasteiger partial charge in [0.05, 0.1) is 12.6 Å². The second-order valence-electron chi connectivity index (χ2n) is 6.65. The Morgan fingerprint density at radius 3 is 2.44 bits per heavy atom. The molecule has 1 saturated heterocycles. The maximum atomic E-state index is 5.82. The van der Waals surface area contributed by atoms with E-state index in [1.54, 1.807) is 0 Å². The summed E-state index contributed by atoms with van der Waals surface area (Å²) in [6, 6.07) is 0. The van der Waals surface area contributed by atoms with Crippen LogP contribution in [0.2, 0.25) is 0 Å². The maximum absolute atomic E-state index is 5.82. The first-order chi connectivity index (χ1) is 11.6. The largest absolute Gasteiger partial charge is 0.381 e. The van der Waals surface area contributed by atoms with E-state index in [0.717, 1.165) is 64.7 Å². The lowest BCUT2D eigenvalue weighted by Gasteiger charge is -2.34. The van der Waals surface area contributed by atoms with Crippen molar-refractivity contribution in [3.05, 3.63) is 0 Å². The van der Waals surface area contributed by atoms with Crippen LogP contribution in [0.5, 0.6) is 0 Å². The topological polar surface area (TPSA) is 54.9 Å². The molecule has 1 fully saturated rings. The van der Waals surface area contributed by atoms with Crippen molar-refractivity contribution in [3.8, 4) is 0 Å². The molecule has 0 aromatic heterocycles. The lowest BCUT2D eigenvalue weighted by atomic mass is 9.99. The molecule has 1 aliphatic rings. The molecule has 1 rings (SSSR count). The Labute approximate surface area is 175 Å². The average molecular weight is 487 g/mol. The minimum Gasteiger partial charge on any atom is -0.381 e. The second kappa shape index (κ2) is 14.3. The Kier molecular flexibility index (Phi) is 14.5. The number of thioether (sulfide) groups is 1. The van der Waals surface area contributed by atoms with Crippen LogP contribution >= 0.6 is 35.7 Å². The highest BCUT2D eigenvalue weighted by Crippen LogP contribution is 2.33. The van der Waals surface area contributed by atoms with Crippen molar-refractivity contribution in [1.82, 2.24) is 10.6 Å². The summed E-state index contributed by atoms with van der Waals surface area (Å²) < 4.78 is 11.6. The van der Waals surface area contributed by atoms with Crippen LogP contribution in [0.4, 0.5) is 0 Å². The van der Waals surface area contributed by atoms with Gasteiger partial charge in [0.25, 0.3) is 0 Å². The summed E-state index contributed by atoms with van der Waals surface area (Å²) in [6.07, 6.45) is 5.65. The Morgan fingerprint density at radius 2 is 1.92 bits per heavy atom. The highest BCUT2D eigenvalue weighted by atomic mass is 127. The van der Waals surface area contributed by atoms with Crippen LogP contribution in [-0.4, -0.2) is 62.5 Å². The summed E-state index contributed by atoms with van der Waals surface area (Å²) in [5.41, 5.74) is 0. The van der Waals surface area contributed by atoms with Gasteiger partial charge in [0.1, 0.15) is 0 Å². The summed E-state index contributed by atoms with van der Waals surface area (Å²) in [4.78, 5) is 4.85. The van der Waals surface area contributed by atoms with Gasteiger partial charge < -0.3 is 20.1 Å². The summed E-state index contributed by atoms with van der Waals surface area (Å²) in [5.74, 6) is 1.45. The average Bonchev–Trinajstić information content (AvgIpc) is 2.59. The molecule has 0 aromatic rings. The van der Waals surface area contributed by atoms with Crippen LogP contribution in [0.3, 0.4) is 0 Å². The Balaban J connectivity index is 0.00000576. The van der Waals surface area contributed by atoms with E-state index in [9.17, 15) is 0 Å². The number of rotatable bonds is 10. The first-order valence-electron chi connectivity index (χ1n) is 9.33. The molecule has 0 spiro atoms. The van der Waals surface area contributed by atoms with Gasteiger partial charge in [0.2, 0.25) is 0 Å². The van der Waals surface area contributed by atoms with Gasteiger partial charge >= 0.3 is 0 Å². The van der Waals surface area contributed by atoms with Gasteiger partial charge in [-0.15, -0.1) is 24.0 Å². The van der Waals surface area contributed by atoms with Gasteiger partial charge in [0, 0.05) is 37.7 Å². The van der Waals surface area contributed by atoms with Crippen molar-refractivity contribution in [2.45, 2.75) is 57.8 Å². The van der Waals surface area contributed by atoms with Crippen molar-refractivity contribution in [3.63, 3.8) is 0 Å². The third-order valence-corrected chi connectivity index (χ3v) is 5.96. The number of guanidine groups is 1. The van der Waals surface area contributed by atoms with Gasteiger partial charge in [-0.1, -0.05) is 13.8 Å².